The van der Waals surface area contributed by atoms with Crippen LogP contribution in [0.25, 0.3) is 0 Å². The number of anilines is 1. The monoisotopic (exact) mass is 314 g/mol. The van der Waals surface area contributed by atoms with Gasteiger partial charge in [0.05, 0.1) is 5.92 Å². The van der Waals surface area contributed by atoms with Gasteiger partial charge in [0.25, 0.3) is 5.91 Å². The minimum Gasteiger partial charge on any atom is -0.361 e. The van der Waals surface area contributed by atoms with E-state index in [1.807, 2.05) is 6.07 Å². The van der Waals surface area contributed by atoms with Gasteiger partial charge >= 0.3 is 0 Å². The number of hydrogen-bond donors (Lipinski definition) is 1. The van der Waals surface area contributed by atoms with Crippen molar-refractivity contribution in [2.75, 3.05) is 18.4 Å². The smallest absolute Gasteiger partial charge is 0.276 e. The molecule has 2 aromatic heterocycles. The third-order valence-electron chi connectivity index (χ3n) is 3.84. The van der Waals surface area contributed by atoms with E-state index in [1.165, 1.54) is 0 Å². The maximum Gasteiger partial charge on any atom is 0.276 e. The van der Waals surface area contributed by atoms with Gasteiger partial charge in [-0.3, -0.25) is 9.59 Å². The molecule has 2 aromatic rings. The molecule has 0 bridgehead atoms. The number of aryl methyl sites for hydroxylation is 1. The molecule has 0 radical (unpaired) electrons. The fraction of sp³-hybridized carbons (Fsp3) is 0.375. The van der Waals surface area contributed by atoms with E-state index in [0.717, 1.165) is 12.8 Å². The summed E-state index contributed by atoms with van der Waals surface area (Å²) in [5.74, 6) is 0.556. The van der Waals surface area contributed by atoms with Crippen LogP contribution in [0, 0.1) is 12.8 Å². The zero-order chi connectivity index (χ0) is 16.2. The van der Waals surface area contributed by atoms with Crippen molar-refractivity contribution in [3.05, 3.63) is 41.9 Å². The first kappa shape index (κ1) is 15.2. The van der Waals surface area contributed by atoms with Crippen molar-refractivity contribution in [1.82, 2.24) is 15.0 Å². The second-order valence-electron chi connectivity index (χ2n) is 5.62. The molecule has 3 heterocycles. The van der Waals surface area contributed by atoms with Crippen LogP contribution in [-0.4, -0.2) is 39.9 Å². The van der Waals surface area contributed by atoms with Gasteiger partial charge < -0.3 is 14.7 Å². The summed E-state index contributed by atoms with van der Waals surface area (Å²) in [7, 11) is 0. The third kappa shape index (κ3) is 3.56. The Labute approximate surface area is 133 Å². The number of rotatable bonds is 3. The predicted molar refractivity (Wildman–Crippen MR) is 82.7 cm³/mol. The number of likely N-dealkylation sites (tertiary alicyclic amines) is 1. The van der Waals surface area contributed by atoms with Crippen molar-refractivity contribution in [2.45, 2.75) is 19.8 Å². The van der Waals surface area contributed by atoms with Gasteiger partial charge in [-0.05, 0) is 31.9 Å². The van der Waals surface area contributed by atoms with Crippen molar-refractivity contribution in [3.8, 4) is 0 Å². The molecule has 2 amide bonds. The molecule has 1 atom stereocenters. The fourth-order valence-corrected chi connectivity index (χ4v) is 2.67. The maximum atomic E-state index is 12.4. The summed E-state index contributed by atoms with van der Waals surface area (Å²) in [5.41, 5.74) is 0.285. The number of carbonyl (C=O) groups is 2. The van der Waals surface area contributed by atoms with Gasteiger partial charge in [0, 0.05) is 25.4 Å². The molecular weight excluding hydrogens is 296 g/mol. The summed E-state index contributed by atoms with van der Waals surface area (Å²) in [4.78, 5) is 30.5. The molecule has 1 fully saturated rings. The van der Waals surface area contributed by atoms with Crippen LogP contribution >= 0.6 is 0 Å². The predicted octanol–water partition coefficient (Wildman–Crippen LogP) is 1.87. The third-order valence-corrected chi connectivity index (χ3v) is 3.84. The zero-order valence-electron chi connectivity index (χ0n) is 12.9. The van der Waals surface area contributed by atoms with Crippen LogP contribution in [0.5, 0.6) is 0 Å². The largest absolute Gasteiger partial charge is 0.361 e. The van der Waals surface area contributed by atoms with E-state index in [2.05, 4.69) is 15.5 Å². The number of nitrogens with zero attached hydrogens (tertiary/aromatic N) is 3. The van der Waals surface area contributed by atoms with Crippen LogP contribution in [-0.2, 0) is 4.79 Å². The Morgan fingerprint density at radius 2 is 2.26 bits per heavy atom. The van der Waals surface area contributed by atoms with Crippen LogP contribution in [0.1, 0.15) is 29.1 Å². The summed E-state index contributed by atoms with van der Waals surface area (Å²) in [6, 6.07) is 6.95. The van der Waals surface area contributed by atoms with Gasteiger partial charge in [0.15, 0.2) is 5.69 Å². The van der Waals surface area contributed by atoms with Gasteiger partial charge in [0.1, 0.15) is 11.6 Å². The first-order chi connectivity index (χ1) is 11.1. The molecule has 120 valence electrons. The molecule has 1 saturated heterocycles. The molecule has 0 saturated carbocycles. The van der Waals surface area contributed by atoms with Crippen molar-refractivity contribution in [1.29, 1.82) is 0 Å². The van der Waals surface area contributed by atoms with E-state index in [0.29, 0.717) is 24.7 Å². The van der Waals surface area contributed by atoms with Gasteiger partial charge in [-0.1, -0.05) is 11.2 Å². The molecular formula is C16H18N4O3. The maximum absolute atomic E-state index is 12.4. The average molecular weight is 314 g/mol. The standard InChI is InChI=1S/C16H18N4O3/c1-11-9-13(19-23-11)16(22)20-8-4-5-12(10-20)15(21)18-14-6-2-3-7-17-14/h2-3,6-7,9,12H,4-5,8,10H2,1H3,(H,17,18,21). The molecule has 0 aromatic carbocycles. The summed E-state index contributed by atoms with van der Waals surface area (Å²) in [5, 5.41) is 6.54. The number of nitrogens with one attached hydrogen (secondary N) is 1. The molecule has 7 nitrogen and oxygen atoms in total. The van der Waals surface area contributed by atoms with E-state index < -0.39 is 0 Å². The molecule has 0 aliphatic carbocycles. The van der Waals surface area contributed by atoms with Gasteiger partial charge in [-0.2, -0.15) is 0 Å². The first-order valence-electron chi connectivity index (χ1n) is 7.58. The van der Waals surface area contributed by atoms with Gasteiger partial charge in [-0.25, -0.2) is 4.98 Å². The number of pyridine rings is 1. The summed E-state index contributed by atoms with van der Waals surface area (Å²) < 4.78 is 4.94. The minimum absolute atomic E-state index is 0.113. The molecule has 23 heavy (non-hydrogen) atoms. The summed E-state index contributed by atoms with van der Waals surface area (Å²) in [6.07, 6.45) is 3.16. The van der Waals surface area contributed by atoms with Gasteiger partial charge in [-0.15, -0.1) is 0 Å². The Bertz CT molecular complexity index is 698. The van der Waals surface area contributed by atoms with Crippen molar-refractivity contribution < 1.29 is 14.1 Å². The lowest BCUT2D eigenvalue weighted by Crippen LogP contribution is -2.43. The van der Waals surface area contributed by atoms with Crippen LogP contribution in [0.4, 0.5) is 5.82 Å². The molecule has 0 spiro atoms. The Kier molecular flexibility index (Phi) is 4.36. The van der Waals surface area contributed by atoms with Crippen LogP contribution in [0.3, 0.4) is 0 Å². The molecule has 1 unspecified atom stereocenters. The molecule has 1 aliphatic rings. The zero-order valence-corrected chi connectivity index (χ0v) is 12.9. The van der Waals surface area contributed by atoms with Crippen molar-refractivity contribution in [3.63, 3.8) is 0 Å². The van der Waals surface area contributed by atoms with Crippen molar-refractivity contribution in [2.24, 2.45) is 5.92 Å². The number of carbonyl (C=O) groups excluding carboxylic acids is 2. The van der Waals surface area contributed by atoms with Crippen molar-refractivity contribution >= 4 is 17.6 Å². The Hall–Kier alpha value is -2.70. The highest BCUT2D eigenvalue weighted by atomic mass is 16.5. The highest BCUT2D eigenvalue weighted by Gasteiger charge is 2.30. The van der Waals surface area contributed by atoms with E-state index >= 15 is 0 Å². The summed E-state index contributed by atoms with van der Waals surface area (Å²) in [6.45, 7) is 2.74. The second-order valence-corrected chi connectivity index (χ2v) is 5.62. The summed E-state index contributed by atoms with van der Waals surface area (Å²) >= 11 is 0. The van der Waals surface area contributed by atoms with Gasteiger partial charge in [0.2, 0.25) is 5.91 Å². The molecule has 7 heteroatoms. The first-order valence-corrected chi connectivity index (χ1v) is 7.58. The Morgan fingerprint density at radius 3 is 2.96 bits per heavy atom. The normalized spacial score (nSPS) is 17.8. The number of amides is 2. The Balaban J connectivity index is 1.63. The SMILES string of the molecule is Cc1cc(C(=O)N2CCCC(C(=O)Nc3ccccn3)C2)no1. The number of hydrogen-bond acceptors (Lipinski definition) is 5. The topological polar surface area (TPSA) is 88.3 Å². The van der Waals surface area contributed by atoms with Crippen LogP contribution < -0.4 is 5.32 Å². The number of piperidine rings is 1. The van der Waals surface area contributed by atoms with E-state index in [1.54, 1.807) is 36.2 Å². The Morgan fingerprint density at radius 1 is 1.39 bits per heavy atom. The van der Waals surface area contributed by atoms with Crippen LogP contribution in [0.2, 0.25) is 0 Å². The highest BCUT2D eigenvalue weighted by Crippen LogP contribution is 2.20. The fourth-order valence-electron chi connectivity index (χ4n) is 2.67. The number of aromatic nitrogens is 2. The second kappa shape index (κ2) is 6.60. The molecule has 3 rings (SSSR count). The van der Waals surface area contributed by atoms with E-state index in [9.17, 15) is 9.59 Å². The lowest BCUT2D eigenvalue weighted by molar-refractivity contribution is -0.121. The molecule has 1 aliphatic heterocycles. The van der Waals surface area contributed by atoms with Crippen LogP contribution in [0.15, 0.2) is 35.0 Å². The average Bonchev–Trinajstić information content (AvgIpc) is 3.01. The lowest BCUT2D eigenvalue weighted by atomic mass is 9.97. The molecule has 1 N–H and O–H groups in total. The quantitative estimate of drug-likeness (QED) is 0.934. The van der Waals surface area contributed by atoms with E-state index in [-0.39, 0.29) is 23.4 Å². The lowest BCUT2D eigenvalue weighted by Gasteiger charge is -2.31. The highest BCUT2D eigenvalue weighted by molar-refractivity contribution is 5.94. The van der Waals surface area contributed by atoms with E-state index in [4.69, 9.17) is 4.52 Å². The minimum atomic E-state index is -0.247.